The second kappa shape index (κ2) is 8.50. The molecule has 138 valence electrons. The normalized spacial score (nSPS) is 23.7. The van der Waals surface area contributed by atoms with Crippen molar-refractivity contribution in [3.05, 3.63) is 11.8 Å². The number of carbonyl (C=O) groups excluding carboxylic acids is 2. The van der Waals surface area contributed by atoms with Crippen LogP contribution >= 0.6 is 0 Å². The SMILES string of the molecule is CC(=O)NC1CC(c2cc(NC(=O)CCCC3CCCCC3)n[nH]2)C1. The molecule has 1 heterocycles. The Kier molecular flexibility index (Phi) is 6.10. The van der Waals surface area contributed by atoms with Crippen LogP contribution in [-0.4, -0.2) is 28.1 Å². The zero-order valence-corrected chi connectivity index (χ0v) is 15.1. The Bertz CT molecular complexity index is 586. The molecule has 0 unspecified atom stereocenters. The Morgan fingerprint density at radius 1 is 1.24 bits per heavy atom. The number of aromatic amines is 1. The molecule has 0 bridgehead atoms. The predicted octanol–water partition coefficient (Wildman–Crippen LogP) is 3.48. The summed E-state index contributed by atoms with van der Waals surface area (Å²) < 4.78 is 0. The van der Waals surface area contributed by atoms with Gasteiger partial charge in [-0.05, 0) is 31.6 Å². The average Bonchev–Trinajstić information content (AvgIpc) is 2.99. The Balaban J connectivity index is 1.35. The first kappa shape index (κ1) is 18.0. The summed E-state index contributed by atoms with van der Waals surface area (Å²) >= 11 is 0. The second-order valence-electron chi connectivity index (χ2n) is 7.72. The van der Waals surface area contributed by atoms with Gasteiger partial charge in [0.15, 0.2) is 5.82 Å². The van der Waals surface area contributed by atoms with Crippen LogP contribution in [0, 0.1) is 5.92 Å². The van der Waals surface area contributed by atoms with Crippen molar-refractivity contribution in [2.75, 3.05) is 5.32 Å². The number of hydrogen-bond acceptors (Lipinski definition) is 3. The van der Waals surface area contributed by atoms with E-state index in [9.17, 15) is 9.59 Å². The molecule has 3 rings (SSSR count). The summed E-state index contributed by atoms with van der Waals surface area (Å²) in [7, 11) is 0. The van der Waals surface area contributed by atoms with Crippen molar-refractivity contribution in [2.45, 2.75) is 83.1 Å². The van der Waals surface area contributed by atoms with E-state index < -0.39 is 0 Å². The zero-order valence-electron chi connectivity index (χ0n) is 15.1. The third-order valence-corrected chi connectivity index (χ3v) is 5.59. The van der Waals surface area contributed by atoms with Crippen LogP contribution in [0.2, 0.25) is 0 Å². The lowest BCUT2D eigenvalue weighted by Crippen LogP contribution is -2.42. The van der Waals surface area contributed by atoms with Gasteiger partial charge in [-0.25, -0.2) is 0 Å². The molecule has 1 aromatic heterocycles. The first-order chi connectivity index (χ1) is 12.1. The van der Waals surface area contributed by atoms with Gasteiger partial charge in [-0.3, -0.25) is 14.7 Å². The van der Waals surface area contributed by atoms with Gasteiger partial charge < -0.3 is 10.6 Å². The van der Waals surface area contributed by atoms with Crippen molar-refractivity contribution in [1.29, 1.82) is 0 Å². The van der Waals surface area contributed by atoms with Gasteiger partial charge in [-0.1, -0.05) is 32.1 Å². The minimum absolute atomic E-state index is 0.0224. The number of hydrogen-bond donors (Lipinski definition) is 3. The highest BCUT2D eigenvalue weighted by atomic mass is 16.2. The predicted molar refractivity (Wildman–Crippen MR) is 97.2 cm³/mol. The van der Waals surface area contributed by atoms with Crippen LogP contribution in [0.5, 0.6) is 0 Å². The lowest BCUT2D eigenvalue weighted by Gasteiger charge is -2.34. The van der Waals surface area contributed by atoms with E-state index in [4.69, 9.17) is 0 Å². The number of carbonyl (C=O) groups is 2. The topological polar surface area (TPSA) is 86.9 Å². The van der Waals surface area contributed by atoms with Gasteiger partial charge in [0.25, 0.3) is 0 Å². The number of nitrogens with one attached hydrogen (secondary N) is 3. The molecule has 25 heavy (non-hydrogen) atoms. The van der Waals surface area contributed by atoms with Gasteiger partial charge in [-0.2, -0.15) is 5.10 Å². The molecule has 2 aliphatic carbocycles. The van der Waals surface area contributed by atoms with Gasteiger partial charge in [0, 0.05) is 37.1 Å². The highest BCUT2D eigenvalue weighted by molar-refractivity contribution is 5.89. The standard InChI is InChI=1S/C19H30N4O2/c1-13(24)20-16-10-15(11-16)17-12-18(23-22-17)21-19(25)9-5-8-14-6-3-2-4-7-14/h12,14-16H,2-11H2,1H3,(H,20,24)(H2,21,22,23,25). The quantitative estimate of drug-likeness (QED) is 0.706. The van der Waals surface area contributed by atoms with Crippen molar-refractivity contribution >= 4 is 17.6 Å². The number of amides is 2. The van der Waals surface area contributed by atoms with Gasteiger partial charge in [0.2, 0.25) is 11.8 Å². The van der Waals surface area contributed by atoms with Crippen molar-refractivity contribution in [3.63, 3.8) is 0 Å². The van der Waals surface area contributed by atoms with E-state index in [-0.39, 0.29) is 17.9 Å². The first-order valence-electron chi connectivity index (χ1n) is 9.72. The smallest absolute Gasteiger partial charge is 0.225 e. The maximum atomic E-state index is 12.1. The second-order valence-corrected chi connectivity index (χ2v) is 7.72. The molecular weight excluding hydrogens is 316 g/mol. The van der Waals surface area contributed by atoms with Crippen LogP contribution in [0.1, 0.15) is 82.7 Å². The van der Waals surface area contributed by atoms with E-state index in [0.717, 1.165) is 30.9 Å². The van der Waals surface area contributed by atoms with E-state index in [1.165, 1.54) is 38.5 Å². The Morgan fingerprint density at radius 3 is 2.72 bits per heavy atom. The number of nitrogens with zero attached hydrogens (tertiary/aromatic N) is 1. The summed E-state index contributed by atoms with van der Waals surface area (Å²) in [5, 5.41) is 13.0. The van der Waals surface area contributed by atoms with Gasteiger partial charge in [-0.15, -0.1) is 0 Å². The number of aromatic nitrogens is 2. The Labute approximate surface area is 149 Å². The molecule has 2 saturated carbocycles. The van der Waals surface area contributed by atoms with Crippen molar-refractivity contribution in [1.82, 2.24) is 15.5 Å². The molecular formula is C19H30N4O2. The minimum atomic E-state index is 0.0224. The maximum Gasteiger partial charge on any atom is 0.225 e. The molecule has 0 radical (unpaired) electrons. The van der Waals surface area contributed by atoms with E-state index in [1.807, 2.05) is 6.07 Å². The minimum Gasteiger partial charge on any atom is -0.354 e. The van der Waals surface area contributed by atoms with Crippen LogP contribution < -0.4 is 10.6 Å². The summed E-state index contributed by atoms with van der Waals surface area (Å²) in [6.07, 6.45) is 11.3. The highest BCUT2D eigenvalue weighted by Crippen LogP contribution is 2.36. The van der Waals surface area contributed by atoms with Crippen LogP contribution in [-0.2, 0) is 9.59 Å². The van der Waals surface area contributed by atoms with Crippen LogP contribution in [0.4, 0.5) is 5.82 Å². The van der Waals surface area contributed by atoms with Gasteiger partial charge >= 0.3 is 0 Å². The van der Waals surface area contributed by atoms with Crippen molar-refractivity contribution < 1.29 is 9.59 Å². The summed E-state index contributed by atoms with van der Waals surface area (Å²) in [5.41, 5.74) is 1.04. The van der Waals surface area contributed by atoms with Crippen molar-refractivity contribution in [3.8, 4) is 0 Å². The summed E-state index contributed by atoms with van der Waals surface area (Å²) in [4.78, 5) is 23.1. The number of H-pyrrole nitrogens is 1. The highest BCUT2D eigenvalue weighted by Gasteiger charge is 2.32. The number of rotatable bonds is 7. The molecule has 1 aromatic rings. The molecule has 0 atom stereocenters. The summed E-state index contributed by atoms with van der Waals surface area (Å²) in [6.45, 7) is 1.55. The molecule has 0 spiro atoms. The van der Waals surface area contributed by atoms with Crippen LogP contribution in [0.25, 0.3) is 0 Å². The monoisotopic (exact) mass is 346 g/mol. The maximum absolute atomic E-state index is 12.1. The molecule has 0 saturated heterocycles. The fourth-order valence-corrected chi connectivity index (χ4v) is 4.12. The molecule has 3 N–H and O–H groups in total. The molecule has 0 aromatic carbocycles. The van der Waals surface area contributed by atoms with E-state index in [2.05, 4.69) is 20.8 Å². The molecule has 2 amide bonds. The Morgan fingerprint density at radius 2 is 2.00 bits per heavy atom. The van der Waals surface area contributed by atoms with Crippen LogP contribution in [0.3, 0.4) is 0 Å². The van der Waals surface area contributed by atoms with Gasteiger partial charge in [0.1, 0.15) is 0 Å². The third kappa shape index (κ3) is 5.31. The Hall–Kier alpha value is -1.85. The lowest BCUT2D eigenvalue weighted by molar-refractivity contribution is -0.120. The molecule has 6 heteroatoms. The molecule has 6 nitrogen and oxygen atoms in total. The van der Waals surface area contributed by atoms with Crippen molar-refractivity contribution in [2.24, 2.45) is 5.92 Å². The van der Waals surface area contributed by atoms with E-state index in [1.54, 1.807) is 6.92 Å². The average molecular weight is 346 g/mol. The zero-order chi connectivity index (χ0) is 17.6. The largest absolute Gasteiger partial charge is 0.354 e. The summed E-state index contributed by atoms with van der Waals surface area (Å²) in [5.74, 6) is 1.91. The van der Waals surface area contributed by atoms with E-state index in [0.29, 0.717) is 18.2 Å². The summed E-state index contributed by atoms with van der Waals surface area (Å²) in [6, 6.07) is 2.19. The molecule has 0 aliphatic heterocycles. The fraction of sp³-hybridized carbons (Fsp3) is 0.737. The molecule has 2 fully saturated rings. The number of anilines is 1. The lowest BCUT2D eigenvalue weighted by atomic mass is 9.78. The van der Waals surface area contributed by atoms with Crippen LogP contribution in [0.15, 0.2) is 6.07 Å². The molecule has 2 aliphatic rings. The van der Waals surface area contributed by atoms with Gasteiger partial charge in [0.05, 0.1) is 0 Å². The fourth-order valence-electron chi connectivity index (χ4n) is 4.12. The van der Waals surface area contributed by atoms with E-state index >= 15 is 0 Å². The third-order valence-electron chi connectivity index (χ3n) is 5.59. The first-order valence-corrected chi connectivity index (χ1v) is 9.72.